The van der Waals surface area contributed by atoms with Crippen LogP contribution in [0.15, 0.2) is 18.5 Å². The van der Waals surface area contributed by atoms with Gasteiger partial charge >= 0.3 is 7.12 Å². The average molecular weight is 358 g/mol. The summed E-state index contributed by atoms with van der Waals surface area (Å²) in [6.07, 6.45) is 8.75. The molecule has 1 N–H and O–H groups in total. The Morgan fingerprint density at radius 3 is 2.23 bits per heavy atom. The van der Waals surface area contributed by atoms with Crippen molar-refractivity contribution in [3.05, 3.63) is 24.0 Å². The van der Waals surface area contributed by atoms with Crippen molar-refractivity contribution in [3.63, 3.8) is 0 Å². The maximum atomic E-state index is 11.5. The van der Waals surface area contributed by atoms with Gasteiger partial charge in [0.25, 0.3) is 0 Å². The molecule has 2 atom stereocenters. The number of fused-ring (bicyclic) bond motifs is 2. The standard InChI is InChI=1S/C20H31BN2O3/c1-18(2)19(3,4)26-21(25-18)15-9-14(12-22-13-15)20(24)10-16-7-6-8-17(11-20)23(16)5/h9,12-13,16-17,24H,6-8,10-11H2,1-5H3. The molecule has 5 nitrogen and oxygen atoms in total. The van der Waals surface area contributed by atoms with Gasteiger partial charge in [-0.15, -0.1) is 0 Å². The fourth-order valence-electron chi connectivity index (χ4n) is 4.71. The summed E-state index contributed by atoms with van der Waals surface area (Å²) in [6.45, 7) is 8.21. The first kappa shape index (κ1) is 18.4. The van der Waals surface area contributed by atoms with Crippen LogP contribution in [0.25, 0.3) is 0 Å². The number of piperidine rings is 2. The summed E-state index contributed by atoms with van der Waals surface area (Å²) in [6, 6.07) is 2.94. The molecular formula is C20H31BN2O3. The van der Waals surface area contributed by atoms with Crippen molar-refractivity contribution < 1.29 is 14.4 Å². The van der Waals surface area contributed by atoms with E-state index in [0.29, 0.717) is 12.1 Å². The van der Waals surface area contributed by atoms with Crippen LogP contribution in [0.3, 0.4) is 0 Å². The van der Waals surface area contributed by atoms with Crippen LogP contribution in [-0.4, -0.2) is 52.4 Å². The van der Waals surface area contributed by atoms with Gasteiger partial charge < -0.3 is 19.3 Å². The van der Waals surface area contributed by atoms with E-state index in [4.69, 9.17) is 9.31 Å². The van der Waals surface area contributed by atoms with Crippen molar-refractivity contribution in [2.45, 2.75) is 88.7 Å². The third-order valence-electron chi connectivity index (χ3n) is 7.20. The SMILES string of the molecule is CN1C2CCCC1CC(O)(c1cncc(B3OC(C)(C)C(C)(C)O3)c1)C2. The minimum atomic E-state index is -0.811. The number of nitrogens with zero attached hydrogens (tertiary/aromatic N) is 2. The molecule has 0 amide bonds. The van der Waals surface area contributed by atoms with E-state index in [9.17, 15) is 5.11 Å². The van der Waals surface area contributed by atoms with E-state index in [1.165, 1.54) is 19.3 Å². The van der Waals surface area contributed by atoms with Crippen LogP contribution in [0.1, 0.15) is 65.4 Å². The van der Waals surface area contributed by atoms with E-state index in [1.54, 1.807) is 6.20 Å². The summed E-state index contributed by atoms with van der Waals surface area (Å²) in [5.41, 5.74) is 0.215. The number of hydrogen-bond donors (Lipinski definition) is 1. The molecule has 0 radical (unpaired) electrons. The summed E-state index contributed by atoms with van der Waals surface area (Å²) in [7, 11) is 1.76. The Morgan fingerprint density at radius 2 is 1.65 bits per heavy atom. The first-order valence-corrected chi connectivity index (χ1v) is 9.87. The summed E-state index contributed by atoms with van der Waals surface area (Å²) in [4.78, 5) is 6.89. The van der Waals surface area contributed by atoms with E-state index >= 15 is 0 Å². The number of hydrogen-bond acceptors (Lipinski definition) is 5. The highest BCUT2D eigenvalue weighted by atomic mass is 16.7. The van der Waals surface area contributed by atoms with Gasteiger partial charge in [-0.05, 0) is 60.4 Å². The number of aliphatic hydroxyl groups is 1. The van der Waals surface area contributed by atoms with Crippen molar-refractivity contribution in [2.75, 3.05) is 7.05 Å². The second kappa shape index (κ2) is 6.03. The predicted molar refractivity (Wildman–Crippen MR) is 102 cm³/mol. The molecule has 2 unspecified atom stereocenters. The highest BCUT2D eigenvalue weighted by Gasteiger charge is 2.52. The molecule has 0 aliphatic carbocycles. The molecule has 2 bridgehead atoms. The molecule has 4 rings (SSSR count). The lowest BCUT2D eigenvalue weighted by Crippen LogP contribution is -2.55. The van der Waals surface area contributed by atoms with Gasteiger partial charge in [0.2, 0.25) is 0 Å². The van der Waals surface area contributed by atoms with Gasteiger partial charge in [0.1, 0.15) is 0 Å². The van der Waals surface area contributed by atoms with Gasteiger partial charge in [0, 0.05) is 35.5 Å². The molecule has 6 heteroatoms. The third kappa shape index (κ3) is 2.91. The predicted octanol–water partition coefficient (Wildman–Crippen LogP) is 2.22. The van der Waals surface area contributed by atoms with E-state index in [-0.39, 0.29) is 11.2 Å². The normalized spacial score (nSPS) is 36.3. The minimum Gasteiger partial charge on any atom is -0.399 e. The maximum absolute atomic E-state index is 11.5. The lowest BCUT2D eigenvalue weighted by atomic mass is 9.71. The summed E-state index contributed by atoms with van der Waals surface area (Å²) < 4.78 is 12.3. The lowest BCUT2D eigenvalue weighted by Gasteiger charge is -2.50. The van der Waals surface area contributed by atoms with Gasteiger partial charge in [-0.1, -0.05) is 12.5 Å². The van der Waals surface area contributed by atoms with Crippen LogP contribution in [0, 0.1) is 0 Å². The monoisotopic (exact) mass is 358 g/mol. The van der Waals surface area contributed by atoms with Gasteiger partial charge in [-0.25, -0.2) is 0 Å². The van der Waals surface area contributed by atoms with E-state index in [0.717, 1.165) is 23.9 Å². The molecule has 1 aromatic rings. The van der Waals surface area contributed by atoms with Gasteiger partial charge in [0.05, 0.1) is 16.8 Å². The van der Waals surface area contributed by atoms with E-state index < -0.39 is 12.7 Å². The molecular weight excluding hydrogens is 327 g/mol. The zero-order valence-electron chi connectivity index (χ0n) is 16.7. The molecule has 0 saturated carbocycles. The highest BCUT2D eigenvalue weighted by molar-refractivity contribution is 6.62. The molecule has 3 fully saturated rings. The van der Waals surface area contributed by atoms with Crippen LogP contribution in [0.4, 0.5) is 0 Å². The minimum absolute atomic E-state index is 0.380. The van der Waals surface area contributed by atoms with Crippen LogP contribution in [0.2, 0.25) is 0 Å². The number of rotatable bonds is 2. The maximum Gasteiger partial charge on any atom is 0.496 e. The first-order chi connectivity index (χ1) is 12.1. The van der Waals surface area contributed by atoms with E-state index in [1.807, 2.05) is 12.3 Å². The second-order valence-corrected chi connectivity index (χ2v) is 9.44. The Hall–Kier alpha value is -0.945. The molecule has 3 aliphatic heterocycles. The van der Waals surface area contributed by atoms with Crippen molar-refractivity contribution in [3.8, 4) is 0 Å². The molecule has 142 valence electrons. The molecule has 1 aromatic heterocycles. The van der Waals surface area contributed by atoms with Gasteiger partial charge in [-0.3, -0.25) is 4.98 Å². The first-order valence-electron chi connectivity index (χ1n) is 9.87. The van der Waals surface area contributed by atoms with Crippen molar-refractivity contribution in [1.29, 1.82) is 0 Å². The Bertz CT molecular complexity index is 663. The second-order valence-electron chi connectivity index (χ2n) is 9.44. The van der Waals surface area contributed by atoms with Gasteiger partial charge in [0.15, 0.2) is 0 Å². The van der Waals surface area contributed by atoms with Crippen LogP contribution in [0.5, 0.6) is 0 Å². The largest absolute Gasteiger partial charge is 0.496 e. The topological polar surface area (TPSA) is 54.8 Å². The zero-order chi connectivity index (χ0) is 18.7. The lowest BCUT2D eigenvalue weighted by molar-refractivity contribution is -0.0875. The summed E-state index contributed by atoms with van der Waals surface area (Å²) in [5.74, 6) is 0. The molecule has 4 heterocycles. The zero-order valence-corrected chi connectivity index (χ0v) is 16.7. The van der Waals surface area contributed by atoms with Crippen molar-refractivity contribution in [1.82, 2.24) is 9.88 Å². The fraction of sp³-hybridized carbons (Fsp3) is 0.750. The number of aromatic nitrogens is 1. The summed E-state index contributed by atoms with van der Waals surface area (Å²) >= 11 is 0. The van der Waals surface area contributed by atoms with Crippen LogP contribution < -0.4 is 5.46 Å². The Kier molecular flexibility index (Phi) is 4.27. The average Bonchev–Trinajstić information content (AvgIpc) is 2.77. The molecule has 0 spiro atoms. The molecule has 26 heavy (non-hydrogen) atoms. The molecule has 3 aliphatic rings. The quantitative estimate of drug-likeness (QED) is 0.822. The highest BCUT2D eigenvalue weighted by Crippen LogP contribution is 2.43. The molecule has 0 aromatic carbocycles. The molecule has 3 saturated heterocycles. The fourth-order valence-corrected chi connectivity index (χ4v) is 4.71. The van der Waals surface area contributed by atoms with Crippen LogP contribution in [-0.2, 0) is 14.9 Å². The Labute approximate surface area is 157 Å². The number of pyridine rings is 1. The van der Waals surface area contributed by atoms with Gasteiger partial charge in [-0.2, -0.15) is 0 Å². The third-order valence-corrected chi connectivity index (χ3v) is 7.20. The smallest absolute Gasteiger partial charge is 0.399 e. The van der Waals surface area contributed by atoms with Crippen molar-refractivity contribution in [2.24, 2.45) is 0 Å². The Morgan fingerprint density at radius 1 is 1.08 bits per heavy atom. The van der Waals surface area contributed by atoms with E-state index in [2.05, 4.69) is 44.6 Å². The van der Waals surface area contributed by atoms with Crippen LogP contribution >= 0.6 is 0 Å². The summed E-state index contributed by atoms with van der Waals surface area (Å²) in [5, 5.41) is 11.5. The Balaban J connectivity index is 1.61. The van der Waals surface area contributed by atoms with Crippen molar-refractivity contribution >= 4 is 12.6 Å².